The van der Waals surface area contributed by atoms with Crippen molar-refractivity contribution in [1.29, 1.82) is 0 Å². The molecule has 0 bridgehead atoms. The van der Waals surface area contributed by atoms with Gasteiger partial charge in [-0.2, -0.15) is 0 Å². The fraction of sp³-hybridized carbons (Fsp3) is 0.400. The zero-order valence-corrected chi connectivity index (χ0v) is 15.6. The summed E-state index contributed by atoms with van der Waals surface area (Å²) in [6.07, 6.45) is 3.30. The van der Waals surface area contributed by atoms with Gasteiger partial charge in [0.15, 0.2) is 0 Å². The van der Waals surface area contributed by atoms with Gasteiger partial charge in [0.25, 0.3) is 5.91 Å². The van der Waals surface area contributed by atoms with E-state index in [9.17, 15) is 4.79 Å². The Morgan fingerprint density at radius 3 is 2.70 bits per heavy atom. The molecule has 0 unspecified atom stereocenters. The number of hydrogen-bond acceptors (Lipinski definition) is 6. The lowest BCUT2D eigenvalue weighted by atomic mass is 10.2. The number of aromatic nitrogens is 1. The Kier molecular flexibility index (Phi) is 7.01. The van der Waals surface area contributed by atoms with Crippen molar-refractivity contribution in [2.24, 2.45) is 0 Å². The van der Waals surface area contributed by atoms with Crippen LogP contribution in [0.5, 0.6) is 5.75 Å². The van der Waals surface area contributed by atoms with Gasteiger partial charge in [-0.25, -0.2) is 0 Å². The van der Waals surface area contributed by atoms with Crippen LogP contribution in [0.15, 0.2) is 42.7 Å². The first kappa shape index (κ1) is 19.1. The summed E-state index contributed by atoms with van der Waals surface area (Å²) in [6.45, 7) is 7.80. The second-order valence-electron chi connectivity index (χ2n) is 6.25. The number of morpholine rings is 1. The minimum absolute atomic E-state index is 0.191. The molecule has 0 saturated carbocycles. The minimum Gasteiger partial charge on any atom is -0.494 e. The smallest absolute Gasteiger partial charge is 0.257 e. The Morgan fingerprint density at radius 1 is 1.19 bits per heavy atom. The third-order valence-corrected chi connectivity index (χ3v) is 4.28. The molecule has 7 heteroatoms. The van der Waals surface area contributed by atoms with Crippen LogP contribution < -0.4 is 15.4 Å². The number of nitrogens with zero attached hydrogens (tertiary/aromatic N) is 2. The highest BCUT2D eigenvalue weighted by Gasteiger charge is 2.10. The van der Waals surface area contributed by atoms with E-state index in [0.717, 1.165) is 50.8 Å². The Bertz CT molecular complexity index is 730. The molecule has 0 radical (unpaired) electrons. The normalized spacial score (nSPS) is 14.6. The van der Waals surface area contributed by atoms with Gasteiger partial charge in [-0.1, -0.05) is 0 Å². The van der Waals surface area contributed by atoms with Crippen LogP contribution in [0.3, 0.4) is 0 Å². The fourth-order valence-electron chi connectivity index (χ4n) is 2.85. The summed E-state index contributed by atoms with van der Waals surface area (Å²) in [5.41, 5.74) is 2.07. The second-order valence-corrected chi connectivity index (χ2v) is 6.25. The van der Waals surface area contributed by atoms with E-state index in [0.29, 0.717) is 17.9 Å². The van der Waals surface area contributed by atoms with Crippen LogP contribution in [-0.4, -0.2) is 61.8 Å². The van der Waals surface area contributed by atoms with Gasteiger partial charge >= 0.3 is 0 Å². The third kappa shape index (κ3) is 5.94. The molecule has 2 N–H and O–H groups in total. The largest absolute Gasteiger partial charge is 0.494 e. The van der Waals surface area contributed by atoms with Crippen LogP contribution in [-0.2, 0) is 4.74 Å². The monoisotopic (exact) mass is 370 g/mol. The Morgan fingerprint density at radius 2 is 1.96 bits per heavy atom. The van der Waals surface area contributed by atoms with Crippen molar-refractivity contribution in [1.82, 2.24) is 9.88 Å². The summed E-state index contributed by atoms with van der Waals surface area (Å²) in [4.78, 5) is 19.0. The van der Waals surface area contributed by atoms with Crippen molar-refractivity contribution < 1.29 is 14.3 Å². The topological polar surface area (TPSA) is 75.7 Å². The van der Waals surface area contributed by atoms with E-state index in [2.05, 4.69) is 20.5 Å². The summed E-state index contributed by atoms with van der Waals surface area (Å²) in [7, 11) is 0. The predicted octanol–water partition coefficient (Wildman–Crippen LogP) is 2.48. The van der Waals surface area contributed by atoms with Crippen LogP contribution in [0.4, 0.5) is 11.4 Å². The van der Waals surface area contributed by atoms with E-state index in [1.165, 1.54) is 0 Å². The van der Waals surface area contributed by atoms with E-state index < -0.39 is 0 Å². The van der Waals surface area contributed by atoms with Crippen molar-refractivity contribution in [3.63, 3.8) is 0 Å². The maximum Gasteiger partial charge on any atom is 0.257 e. The first-order valence-corrected chi connectivity index (χ1v) is 9.28. The van der Waals surface area contributed by atoms with Crippen molar-refractivity contribution in [3.05, 3.63) is 48.3 Å². The van der Waals surface area contributed by atoms with Crippen LogP contribution in [0.25, 0.3) is 0 Å². The molecular formula is C20H26N4O3. The van der Waals surface area contributed by atoms with Gasteiger partial charge < -0.3 is 20.1 Å². The Balaban J connectivity index is 1.51. The maximum absolute atomic E-state index is 12.5. The molecule has 0 spiro atoms. The molecule has 7 nitrogen and oxygen atoms in total. The van der Waals surface area contributed by atoms with E-state index in [-0.39, 0.29) is 5.91 Å². The zero-order valence-electron chi connectivity index (χ0n) is 15.6. The average Bonchev–Trinajstić information content (AvgIpc) is 2.71. The number of benzene rings is 1. The summed E-state index contributed by atoms with van der Waals surface area (Å²) >= 11 is 0. The molecule has 1 aromatic carbocycles. The molecule has 1 aromatic heterocycles. The number of rotatable bonds is 8. The highest BCUT2D eigenvalue weighted by atomic mass is 16.5. The molecule has 1 saturated heterocycles. The number of anilines is 2. The number of carbonyl (C=O) groups is 1. The zero-order chi connectivity index (χ0) is 18.9. The highest BCUT2D eigenvalue weighted by molar-refractivity contribution is 6.04. The van der Waals surface area contributed by atoms with Gasteiger partial charge in [0.2, 0.25) is 0 Å². The molecule has 2 aromatic rings. The highest BCUT2D eigenvalue weighted by Crippen LogP contribution is 2.17. The number of nitrogens with one attached hydrogen (secondary N) is 2. The van der Waals surface area contributed by atoms with Crippen LogP contribution in [0.2, 0.25) is 0 Å². The molecule has 1 fully saturated rings. The first-order chi connectivity index (χ1) is 13.2. The number of amides is 1. The predicted molar refractivity (Wildman–Crippen MR) is 106 cm³/mol. The summed E-state index contributed by atoms with van der Waals surface area (Å²) < 4.78 is 10.8. The lowest BCUT2D eigenvalue weighted by Crippen LogP contribution is -2.39. The molecule has 27 heavy (non-hydrogen) atoms. The summed E-state index contributed by atoms with van der Waals surface area (Å²) in [5, 5.41) is 6.21. The fourth-order valence-corrected chi connectivity index (χ4v) is 2.85. The maximum atomic E-state index is 12.5. The van der Waals surface area contributed by atoms with Gasteiger partial charge in [-0.15, -0.1) is 0 Å². The molecule has 0 aliphatic carbocycles. The van der Waals surface area contributed by atoms with Crippen molar-refractivity contribution in [2.75, 3.05) is 56.6 Å². The third-order valence-electron chi connectivity index (χ3n) is 4.28. The number of hydrogen-bond donors (Lipinski definition) is 2. The van der Waals surface area contributed by atoms with E-state index in [4.69, 9.17) is 9.47 Å². The molecular weight excluding hydrogens is 344 g/mol. The van der Waals surface area contributed by atoms with Gasteiger partial charge in [0, 0.05) is 44.3 Å². The minimum atomic E-state index is -0.191. The summed E-state index contributed by atoms with van der Waals surface area (Å²) in [5.74, 6) is 0.590. The summed E-state index contributed by atoms with van der Waals surface area (Å²) in [6, 6.07) is 9.12. The SMILES string of the molecule is CCOc1ccc(NC(=O)c2cncc(NCCN3CCOCC3)c2)cc1. The van der Waals surface area contributed by atoms with Crippen molar-refractivity contribution in [2.45, 2.75) is 6.92 Å². The lowest BCUT2D eigenvalue weighted by Gasteiger charge is -2.26. The molecule has 0 atom stereocenters. The average molecular weight is 370 g/mol. The second kappa shape index (κ2) is 9.89. The van der Waals surface area contributed by atoms with Gasteiger partial charge in [-0.05, 0) is 37.3 Å². The van der Waals surface area contributed by atoms with Crippen LogP contribution >= 0.6 is 0 Å². The van der Waals surface area contributed by atoms with Gasteiger partial charge in [0.1, 0.15) is 5.75 Å². The number of carbonyl (C=O) groups excluding carboxylic acids is 1. The standard InChI is InChI=1S/C20H26N4O3/c1-2-27-19-5-3-17(4-6-19)23-20(25)16-13-18(15-21-14-16)22-7-8-24-9-11-26-12-10-24/h3-6,13-15,22H,2,7-12H2,1H3,(H,23,25). The number of pyridine rings is 1. The van der Waals surface area contributed by atoms with E-state index >= 15 is 0 Å². The van der Waals surface area contributed by atoms with E-state index in [1.54, 1.807) is 12.4 Å². The Labute approximate surface area is 159 Å². The molecule has 1 aliphatic heterocycles. The Hall–Kier alpha value is -2.64. The van der Waals surface area contributed by atoms with Gasteiger partial charge in [-0.3, -0.25) is 14.7 Å². The van der Waals surface area contributed by atoms with Crippen molar-refractivity contribution in [3.8, 4) is 5.75 Å². The molecule has 2 heterocycles. The molecule has 3 rings (SSSR count). The quantitative estimate of drug-likeness (QED) is 0.744. The molecule has 144 valence electrons. The lowest BCUT2D eigenvalue weighted by molar-refractivity contribution is 0.0398. The molecule has 1 amide bonds. The van der Waals surface area contributed by atoms with Gasteiger partial charge in [0.05, 0.1) is 31.1 Å². The first-order valence-electron chi connectivity index (χ1n) is 9.28. The van der Waals surface area contributed by atoms with Crippen LogP contribution in [0, 0.1) is 0 Å². The molecule has 1 aliphatic rings. The van der Waals surface area contributed by atoms with E-state index in [1.807, 2.05) is 37.3 Å². The van der Waals surface area contributed by atoms with Crippen LogP contribution in [0.1, 0.15) is 17.3 Å². The number of ether oxygens (including phenoxy) is 2. The van der Waals surface area contributed by atoms with Crippen molar-refractivity contribution >= 4 is 17.3 Å².